The molecule has 1 aromatic carbocycles. The third kappa shape index (κ3) is 3.88. The van der Waals surface area contributed by atoms with Crippen LogP contribution in [0.25, 0.3) is 0 Å². The molecule has 1 aromatic heterocycles. The van der Waals surface area contributed by atoms with Gasteiger partial charge in [0.05, 0.1) is 0 Å². The minimum atomic E-state index is -0.472. The maximum Gasteiger partial charge on any atom is 0.191 e. The van der Waals surface area contributed by atoms with E-state index in [0.717, 1.165) is 13.0 Å². The van der Waals surface area contributed by atoms with Gasteiger partial charge in [-0.05, 0) is 36.4 Å². The average Bonchev–Trinajstić information content (AvgIpc) is 3.07. The summed E-state index contributed by atoms with van der Waals surface area (Å²) in [6.45, 7) is 0.769. The number of rotatable bonds is 5. The Kier molecular flexibility index (Phi) is 4.91. The van der Waals surface area contributed by atoms with E-state index in [4.69, 9.17) is 0 Å². The van der Waals surface area contributed by atoms with E-state index in [1.807, 2.05) is 6.07 Å². The van der Waals surface area contributed by atoms with Crippen molar-refractivity contribution in [1.29, 1.82) is 0 Å². The number of benzene rings is 1. The molecule has 1 saturated carbocycles. The third-order valence-electron chi connectivity index (χ3n) is 3.95. The van der Waals surface area contributed by atoms with Crippen molar-refractivity contribution < 1.29 is 8.78 Å². The smallest absolute Gasteiger partial charge is 0.191 e. The van der Waals surface area contributed by atoms with Crippen molar-refractivity contribution in [2.24, 2.45) is 4.99 Å². The lowest BCUT2D eigenvalue weighted by molar-refractivity contribution is 0.553. The molecule has 0 spiro atoms. The summed E-state index contributed by atoms with van der Waals surface area (Å²) in [5.74, 6) is -0.405. The van der Waals surface area contributed by atoms with E-state index in [1.165, 1.54) is 23.1 Å². The topological polar surface area (TPSA) is 36.4 Å². The molecular weight excluding hydrogens is 316 g/mol. The van der Waals surface area contributed by atoms with Crippen molar-refractivity contribution >= 4 is 17.3 Å². The maximum atomic E-state index is 13.8. The zero-order valence-electron chi connectivity index (χ0n) is 12.9. The summed E-state index contributed by atoms with van der Waals surface area (Å²) in [4.78, 5) is 5.48. The zero-order chi connectivity index (χ0) is 16.2. The van der Waals surface area contributed by atoms with Gasteiger partial charge in [-0.1, -0.05) is 12.1 Å². The fraction of sp³-hybridized carbons (Fsp3) is 0.353. The highest BCUT2D eigenvalue weighted by molar-refractivity contribution is 7.09. The summed E-state index contributed by atoms with van der Waals surface area (Å²) in [6, 6.07) is 8.16. The molecule has 3 nitrogen and oxygen atoms in total. The normalized spacial score (nSPS) is 20.4. The molecule has 0 aliphatic heterocycles. The predicted octanol–water partition coefficient (Wildman–Crippen LogP) is 3.29. The lowest BCUT2D eigenvalue weighted by atomic mass is 10.1. The van der Waals surface area contributed by atoms with E-state index in [1.54, 1.807) is 18.4 Å². The Balaban J connectivity index is 1.51. The predicted molar refractivity (Wildman–Crippen MR) is 90.0 cm³/mol. The van der Waals surface area contributed by atoms with Crippen molar-refractivity contribution in [3.8, 4) is 0 Å². The number of hydrogen-bond acceptors (Lipinski definition) is 2. The molecule has 3 rings (SSSR count). The molecule has 6 heteroatoms. The molecule has 2 N–H and O–H groups in total. The minimum Gasteiger partial charge on any atom is -0.356 e. The van der Waals surface area contributed by atoms with Crippen LogP contribution in [0.15, 0.2) is 40.7 Å². The highest BCUT2D eigenvalue weighted by atomic mass is 32.1. The summed E-state index contributed by atoms with van der Waals surface area (Å²) in [5, 5.41) is 8.53. The van der Waals surface area contributed by atoms with Crippen LogP contribution in [0.3, 0.4) is 0 Å². The molecule has 0 bridgehead atoms. The van der Waals surface area contributed by atoms with E-state index in [-0.39, 0.29) is 17.5 Å². The molecule has 1 fully saturated rings. The van der Waals surface area contributed by atoms with Gasteiger partial charge in [-0.3, -0.25) is 4.99 Å². The van der Waals surface area contributed by atoms with Crippen molar-refractivity contribution in [2.75, 3.05) is 13.6 Å². The van der Waals surface area contributed by atoms with Crippen LogP contribution in [0.2, 0.25) is 0 Å². The molecule has 0 amide bonds. The van der Waals surface area contributed by atoms with Crippen molar-refractivity contribution in [3.63, 3.8) is 0 Å². The zero-order valence-corrected chi connectivity index (χ0v) is 13.7. The fourth-order valence-electron chi connectivity index (χ4n) is 2.67. The molecule has 2 atom stereocenters. The van der Waals surface area contributed by atoms with Crippen molar-refractivity contribution in [3.05, 3.63) is 57.8 Å². The van der Waals surface area contributed by atoms with E-state index < -0.39 is 11.6 Å². The number of hydrogen-bond donors (Lipinski definition) is 2. The third-order valence-corrected chi connectivity index (χ3v) is 4.89. The first-order chi connectivity index (χ1) is 11.2. The Morgan fingerprint density at radius 3 is 2.70 bits per heavy atom. The first kappa shape index (κ1) is 15.9. The SMILES string of the molecule is CN=C(NCCc1cccs1)NC1CC1c1c(F)cccc1F. The van der Waals surface area contributed by atoms with Crippen LogP contribution in [0.4, 0.5) is 8.78 Å². The summed E-state index contributed by atoms with van der Waals surface area (Å²) in [5.41, 5.74) is 0.180. The number of guanidine groups is 1. The van der Waals surface area contributed by atoms with Gasteiger partial charge in [-0.15, -0.1) is 11.3 Å². The Morgan fingerprint density at radius 2 is 2.04 bits per heavy atom. The van der Waals surface area contributed by atoms with Gasteiger partial charge in [0, 0.05) is 36.0 Å². The Morgan fingerprint density at radius 1 is 1.26 bits per heavy atom. The fourth-order valence-corrected chi connectivity index (χ4v) is 3.38. The summed E-state index contributed by atoms with van der Waals surface area (Å²) < 4.78 is 27.6. The lowest BCUT2D eigenvalue weighted by Gasteiger charge is -2.12. The Hall–Kier alpha value is -1.95. The molecule has 2 aromatic rings. The number of nitrogens with zero attached hydrogens (tertiary/aromatic N) is 1. The van der Waals surface area contributed by atoms with Gasteiger partial charge < -0.3 is 10.6 Å². The Labute approximate surface area is 138 Å². The van der Waals surface area contributed by atoms with Gasteiger partial charge in [-0.2, -0.15) is 0 Å². The minimum absolute atomic E-state index is 0.0225. The molecule has 0 radical (unpaired) electrons. The largest absolute Gasteiger partial charge is 0.356 e. The van der Waals surface area contributed by atoms with E-state index in [9.17, 15) is 8.78 Å². The van der Waals surface area contributed by atoms with Crippen LogP contribution in [0.1, 0.15) is 22.8 Å². The molecular formula is C17H19F2N3S. The van der Waals surface area contributed by atoms with Crippen LogP contribution < -0.4 is 10.6 Å². The Bertz CT molecular complexity index is 665. The van der Waals surface area contributed by atoms with Gasteiger partial charge >= 0.3 is 0 Å². The molecule has 122 valence electrons. The lowest BCUT2D eigenvalue weighted by Crippen LogP contribution is -2.39. The monoisotopic (exact) mass is 335 g/mol. The molecule has 2 unspecified atom stereocenters. The number of thiophene rings is 1. The van der Waals surface area contributed by atoms with Crippen molar-refractivity contribution in [1.82, 2.24) is 10.6 Å². The first-order valence-corrected chi connectivity index (χ1v) is 8.50. The highest BCUT2D eigenvalue weighted by Gasteiger charge is 2.42. The summed E-state index contributed by atoms with van der Waals surface area (Å²) in [6.07, 6.45) is 1.64. The van der Waals surface area contributed by atoms with E-state index in [2.05, 4.69) is 27.1 Å². The number of nitrogens with one attached hydrogen (secondary N) is 2. The average molecular weight is 335 g/mol. The first-order valence-electron chi connectivity index (χ1n) is 7.62. The van der Waals surface area contributed by atoms with Crippen LogP contribution in [-0.4, -0.2) is 25.6 Å². The summed E-state index contributed by atoms with van der Waals surface area (Å²) in [7, 11) is 1.70. The maximum absolute atomic E-state index is 13.8. The van der Waals surface area contributed by atoms with Gasteiger partial charge in [-0.25, -0.2) is 8.78 Å². The van der Waals surface area contributed by atoms with Gasteiger partial charge in [0.2, 0.25) is 0 Å². The molecule has 1 aliphatic rings. The van der Waals surface area contributed by atoms with Crippen LogP contribution in [0.5, 0.6) is 0 Å². The van der Waals surface area contributed by atoms with Crippen LogP contribution >= 0.6 is 11.3 Å². The quantitative estimate of drug-likeness (QED) is 0.650. The van der Waals surface area contributed by atoms with E-state index >= 15 is 0 Å². The van der Waals surface area contributed by atoms with Gasteiger partial charge in [0.1, 0.15) is 11.6 Å². The van der Waals surface area contributed by atoms with Crippen LogP contribution in [-0.2, 0) is 6.42 Å². The second-order valence-corrected chi connectivity index (χ2v) is 6.59. The molecule has 23 heavy (non-hydrogen) atoms. The number of aliphatic imine (C=N–C) groups is 1. The second-order valence-electron chi connectivity index (χ2n) is 5.56. The number of halogens is 2. The van der Waals surface area contributed by atoms with E-state index in [0.29, 0.717) is 12.4 Å². The van der Waals surface area contributed by atoms with Gasteiger partial charge in [0.25, 0.3) is 0 Å². The highest BCUT2D eigenvalue weighted by Crippen LogP contribution is 2.42. The second kappa shape index (κ2) is 7.08. The standard InChI is InChI=1S/C17H19F2N3S/c1-20-17(21-8-7-11-4-3-9-23-11)22-15-10-12(15)16-13(18)5-2-6-14(16)19/h2-6,9,12,15H,7-8,10H2,1H3,(H2,20,21,22). The molecule has 0 saturated heterocycles. The molecule has 1 aliphatic carbocycles. The van der Waals surface area contributed by atoms with Gasteiger partial charge in [0.15, 0.2) is 5.96 Å². The van der Waals surface area contributed by atoms with Crippen LogP contribution in [0, 0.1) is 11.6 Å². The molecule has 1 heterocycles. The summed E-state index contributed by atoms with van der Waals surface area (Å²) >= 11 is 1.73. The van der Waals surface area contributed by atoms with Crippen molar-refractivity contribution in [2.45, 2.75) is 24.8 Å².